The van der Waals surface area contributed by atoms with Crippen LogP contribution in [-0.2, 0) is 11.3 Å². The van der Waals surface area contributed by atoms with Crippen LogP contribution in [-0.4, -0.2) is 31.5 Å². The second kappa shape index (κ2) is 8.43. The molecule has 1 amide bonds. The Morgan fingerprint density at radius 2 is 1.88 bits per heavy atom. The molecule has 1 aromatic carbocycles. The van der Waals surface area contributed by atoms with Crippen molar-refractivity contribution in [3.63, 3.8) is 0 Å². The molecule has 0 unspecified atom stereocenters. The highest BCUT2D eigenvalue weighted by atomic mass is 32.2. The van der Waals surface area contributed by atoms with E-state index < -0.39 is 0 Å². The smallest absolute Gasteiger partial charge is 0.221 e. The van der Waals surface area contributed by atoms with Crippen molar-refractivity contribution in [2.24, 2.45) is 0 Å². The Morgan fingerprint density at radius 3 is 2.62 bits per heavy atom. The summed E-state index contributed by atoms with van der Waals surface area (Å²) in [4.78, 5) is 15.9. The van der Waals surface area contributed by atoms with Gasteiger partial charge in [-0.2, -0.15) is 0 Å². The van der Waals surface area contributed by atoms with E-state index in [0.29, 0.717) is 29.7 Å². The van der Waals surface area contributed by atoms with Gasteiger partial charge in [0, 0.05) is 36.7 Å². The number of nitrogens with one attached hydrogen (secondary N) is 1. The number of pyridine rings is 1. The molecule has 0 radical (unpaired) electrons. The minimum absolute atomic E-state index is 0.0979. The van der Waals surface area contributed by atoms with Gasteiger partial charge in [0.05, 0.1) is 0 Å². The number of hydrogen-bond donors (Lipinski definition) is 2. The average Bonchev–Trinajstić information content (AvgIpc) is 3.03. The summed E-state index contributed by atoms with van der Waals surface area (Å²) in [6, 6.07) is 9.61. The lowest BCUT2D eigenvalue weighted by Gasteiger charge is -2.06. The number of carbonyl (C=O) groups is 1. The zero-order valence-electron chi connectivity index (χ0n) is 13.8. The molecule has 0 bridgehead atoms. The van der Waals surface area contributed by atoms with Crippen LogP contribution in [0.25, 0.3) is 11.4 Å². The van der Waals surface area contributed by atoms with E-state index in [1.54, 1.807) is 36.7 Å². The number of halogens is 1. The van der Waals surface area contributed by atoms with Gasteiger partial charge in [-0.15, -0.1) is 10.2 Å². The fraction of sp³-hybridized carbons (Fsp3) is 0.176. The van der Waals surface area contributed by atoms with Gasteiger partial charge >= 0.3 is 0 Å². The molecular formula is C17H17FN6OS. The average molecular weight is 372 g/mol. The molecule has 3 N–H and O–H groups in total. The quantitative estimate of drug-likeness (QED) is 0.486. The van der Waals surface area contributed by atoms with Crippen molar-refractivity contribution in [3.8, 4) is 11.4 Å². The van der Waals surface area contributed by atoms with Crippen molar-refractivity contribution in [2.75, 3.05) is 11.6 Å². The van der Waals surface area contributed by atoms with E-state index in [-0.39, 0.29) is 11.7 Å². The predicted octanol–water partition coefficient (Wildman–Crippen LogP) is 1.99. The van der Waals surface area contributed by atoms with Crippen LogP contribution in [0.1, 0.15) is 12.0 Å². The highest BCUT2D eigenvalue weighted by Crippen LogP contribution is 2.21. The third-order valence-corrected chi connectivity index (χ3v) is 4.51. The van der Waals surface area contributed by atoms with Crippen molar-refractivity contribution in [1.82, 2.24) is 25.2 Å². The van der Waals surface area contributed by atoms with Crippen LogP contribution in [0, 0.1) is 5.82 Å². The number of benzene rings is 1. The lowest BCUT2D eigenvalue weighted by Crippen LogP contribution is -2.23. The molecule has 2 heterocycles. The zero-order chi connectivity index (χ0) is 18.4. The third-order valence-electron chi connectivity index (χ3n) is 3.57. The molecular weight excluding hydrogens is 355 g/mol. The van der Waals surface area contributed by atoms with Crippen LogP contribution in [0.5, 0.6) is 0 Å². The second-order valence-corrected chi connectivity index (χ2v) is 6.48. The van der Waals surface area contributed by atoms with Gasteiger partial charge in [-0.05, 0) is 29.8 Å². The fourth-order valence-electron chi connectivity index (χ4n) is 2.20. The van der Waals surface area contributed by atoms with Crippen molar-refractivity contribution in [1.29, 1.82) is 0 Å². The van der Waals surface area contributed by atoms with Gasteiger partial charge in [-0.1, -0.05) is 23.9 Å². The van der Waals surface area contributed by atoms with Crippen LogP contribution in [0.2, 0.25) is 0 Å². The summed E-state index contributed by atoms with van der Waals surface area (Å²) < 4.78 is 14.2. The van der Waals surface area contributed by atoms with Gasteiger partial charge in [0.25, 0.3) is 0 Å². The molecule has 3 rings (SSSR count). The Bertz CT molecular complexity index is 869. The number of aromatic nitrogens is 4. The monoisotopic (exact) mass is 372 g/mol. The maximum Gasteiger partial charge on any atom is 0.221 e. The first-order valence-electron chi connectivity index (χ1n) is 7.88. The normalized spacial score (nSPS) is 10.7. The van der Waals surface area contributed by atoms with E-state index in [4.69, 9.17) is 5.84 Å². The molecule has 0 spiro atoms. The molecule has 3 aromatic rings. The van der Waals surface area contributed by atoms with Crippen LogP contribution >= 0.6 is 11.8 Å². The molecule has 9 heteroatoms. The molecule has 0 aliphatic rings. The maximum absolute atomic E-state index is 12.8. The number of carbonyl (C=O) groups excluding carboxylic acids is 1. The minimum atomic E-state index is -0.298. The molecule has 134 valence electrons. The first kappa shape index (κ1) is 17.9. The predicted molar refractivity (Wildman–Crippen MR) is 97.0 cm³/mol. The molecule has 0 fully saturated rings. The van der Waals surface area contributed by atoms with E-state index >= 15 is 0 Å². The number of nitrogens with two attached hydrogens (primary N) is 1. The van der Waals surface area contributed by atoms with Crippen LogP contribution in [0.4, 0.5) is 4.39 Å². The van der Waals surface area contributed by atoms with E-state index in [1.807, 2.05) is 0 Å². The Hall–Kier alpha value is -2.94. The number of nitrogen functional groups attached to an aromatic ring is 1. The fourth-order valence-corrected chi connectivity index (χ4v) is 2.99. The summed E-state index contributed by atoms with van der Waals surface area (Å²) >= 11 is 1.35. The Labute approximate surface area is 153 Å². The summed E-state index contributed by atoms with van der Waals surface area (Å²) in [6.07, 6.45) is 3.62. The zero-order valence-corrected chi connectivity index (χ0v) is 14.6. The van der Waals surface area contributed by atoms with Crippen molar-refractivity contribution >= 4 is 17.7 Å². The van der Waals surface area contributed by atoms with Gasteiger partial charge in [0.2, 0.25) is 11.1 Å². The Balaban J connectivity index is 1.47. The summed E-state index contributed by atoms with van der Waals surface area (Å²) in [5.74, 6) is 6.68. The van der Waals surface area contributed by atoms with Gasteiger partial charge in [0.1, 0.15) is 5.82 Å². The molecule has 2 aromatic heterocycles. The molecule has 7 nitrogen and oxygen atoms in total. The van der Waals surface area contributed by atoms with Crippen LogP contribution < -0.4 is 11.2 Å². The lowest BCUT2D eigenvalue weighted by atomic mass is 10.2. The highest BCUT2D eigenvalue weighted by molar-refractivity contribution is 7.99. The van der Waals surface area contributed by atoms with Crippen LogP contribution in [0.3, 0.4) is 0 Å². The van der Waals surface area contributed by atoms with E-state index in [0.717, 1.165) is 11.1 Å². The topological polar surface area (TPSA) is 98.7 Å². The SMILES string of the molecule is Nn1c(SCCC(=O)NCc2ccc(F)cc2)nnc1-c1ccncc1. The third kappa shape index (κ3) is 4.57. The molecule has 0 aliphatic heterocycles. The van der Waals surface area contributed by atoms with E-state index in [2.05, 4.69) is 20.5 Å². The lowest BCUT2D eigenvalue weighted by molar-refractivity contribution is -0.120. The number of rotatable bonds is 7. The van der Waals surface area contributed by atoms with Gasteiger partial charge in [-0.3, -0.25) is 9.78 Å². The van der Waals surface area contributed by atoms with Crippen molar-refractivity contribution in [2.45, 2.75) is 18.1 Å². The molecule has 0 saturated heterocycles. The summed E-state index contributed by atoms with van der Waals surface area (Å²) in [7, 11) is 0. The second-order valence-electron chi connectivity index (χ2n) is 5.41. The standard InChI is InChI=1S/C17H17FN6OS/c18-14-3-1-12(2-4-14)11-21-15(25)7-10-26-17-23-22-16(24(17)19)13-5-8-20-9-6-13/h1-6,8-9H,7,10-11,19H2,(H,21,25). The molecule has 0 aliphatic carbocycles. The number of thioether (sulfide) groups is 1. The molecule has 26 heavy (non-hydrogen) atoms. The first-order valence-corrected chi connectivity index (χ1v) is 8.87. The maximum atomic E-state index is 12.8. The largest absolute Gasteiger partial charge is 0.352 e. The summed E-state index contributed by atoms with van der Waals surface area (Å²) in [5, 5.41) is 11.5. The van der Waals surface area contributed by atoms with Gasteiger partial charge < -0.3 is 11.2 Å². The van der Waals surface area contributed by atoms with Gasteiger partial charge in [0.15, 0.2) is 5.82 Å². The Morgan fingerprint density at radius 1 is 1.15 bits per heavy atom. The van der Waals surface area contributed by atoms with Crippen molar-refractivity contribution < 1.29 is 9.18 Å². The highest BCUT2D eigenvalue weighted by Gasteiger charge is 2.12. The number of nitrogens with zero attached hydrogens (tertiary/aromatic N) is 4. The van der Waals surface area contributed by atoms with E-state index in [1.165, 1.54) is 28.6 Å². The minimum Gasteiger partial charge on any atom is -0.352 e. The van der Waals surface area contributed by atoms with E-state index in [9.17, 15) is 9.18 Å². The Kier molecular flexibility index (Phi) is 5.80. The summed E-state index contributed by atoms with van der Waals surface area (Å²) in [5.41, 5.74) is 1.66. The number of hydrogen-bond acceptors (Lipinski definition) is 6. The van der Waals surface area contributed by atoms with Crippen LogP contribution in [0.15, 0.2) is 53.9 Å². The molecule has 0 atom stereocenters. The van der Waals surface area contributed by atoms with Crippen molar-refractivity contribution in [3.05, 3.63) is 60.2 Å². The summed E-state index contributed by atoms with van der Waals surface area (Å²) in [6.45, 7) is 0.364. The molecule has 0 saturated carbocycles. The van der Waals surface area contributed by atoms with Gasteiger partial charge in [-0.25, -0.2) is 9.07 Å². The number of amides is 1. The first-order chi connectivity index (χ1) is 12.6.